The Bertz CT molecular complexity index is 738. The standard InChI is InChI=1S/C21H28N4O2/c1-16-4-7-19(8-5-16)27-17(2)21(26)23-15-18-6-9-20(22-14-18)25-12-10-24(3)11-13-25/h4-9,14,17H,10-13,15H2,1-3H3,(H,23,26). The van der Waals surface area contributed by atoms with Crippen LogP contribution in [0.3, 0.4) is 0 Å². The number of anilines is 1. The SMILES string of the molecule is Cc1ccc(OC(C)C(=O)NCc2ccc(N3CCN(C)CC3)nc2)cc1. The fourth-order valence-corrected chi connectivity index (χ4v) is 2.95. The number of pyridine rings is 1. The Morgan fingerprint density at radius 3 is 2.48 bits per heavy atom. The second-order valence-corrected chi connectivity index (χ2v) is 7.11. The van der Waals surface area contributed by atoms with Crippen molar-refractivity contribution in [2.45, 2.75) is 26.5 Å². The average Bonchev–Trinajstić information content (AvgIpc) is 2.69. The Morgan fingerprint density at radius 2 is 1.85 bits per heavy atom. The van der Waals surface area contributed by atoms with E-state index in [9.17, 15) is 4.79 Å². The van der Waals surface area contributed by atoms with Gasteiger partial charge >= 0.3 is 0 Å². The second-order valence-electron chi connectivity index (χ2n) is 7.11. The van der Waals surface area contributed by atoms with E-state index < -0.39 is 6.10 Å². The zero-order valence-corrected chi connectivity index (χ0v) is 16.3. The highest BCUT2D eigenvalue weighted by molar-refractivity contribution is 5.80. The van der Waals surface area contributed by atoms with E-state index in [1.807, 2.05) is 49.5 Å². The van der Waals surface area contributed by atoms with Gasteiger partial charge in [-0.1, -0.05) is 23.8 Å². The first kappa shape index (κ1) is 19.2. The number of benzene rings is 1. The summed E-state index contributed by atoms with van der Waals surface area (Å²) < 4.78 is 5.69. The summed E-state index contributed by atoms with van der Waals surface area (Å²) in [6.45, 7) is 8.31. The molecule has 0 aliphatic carbocycles. The number of ether oxygens (including phenoxy) is 1. The summed E-state index contributed by atoms with van der Waals surface area (Å²) in [7, 11) is 2.14. The van der Waals surface area contributed by atoms with Gasteiger partial charge in [-0.2, -0.15) is 0 Å². The van der Waals surface area contributed by atoms with Gasteiger partial charge in [0.15, 0.2) is 6.10 Å². The molecule has 2 aromatic rings. The van der Waals surface area contributed by atoms with Crippen LogP contribution in [0.5, 0.6) is 5.75 Å². The fraction of sp³-hybridized carbons (Fsp3) is 0.429. The van der Waals surface area contributed by atoms with E-state index in [0.717, 1.165) is 43.1 Å². The van der Waals surface area contributed by atoms with Gasteiger partial charge < -0.3 is 19.9 Å². The summed E-state index contributed by atoms with van der Waals surface area (Å²) in [5, 5.41) is 2.91. The molecule has 1 amide bonds. The minimum absolute atomic E-state index is 0.140. The average molecular weight is 368 g/mol. The Kier molecular flexibility index (Phi) is 6.29. The van der Waals surface area contributed by atoms with Crippen molar-refractivity contribution in [1.29, 1.82) is 0 Å². The molecule has 1 saturated heterocycles. The van der Waals surface area contributed by atoms with Gasteiger partial charge in [-0.3, -0.25) is 4.79 Å². The van der Waals surface area contributed by atoms with E-state index in [1.54, 1.807) is 6.92 Å². The number of carbonyl (C=O) groups excluding carboxylic acids is 1. The van der Waals surface area contributed by atoms with E-state index >= 15 is 0 Å². The summed E-state index contributed by atoms with van der Waals surface area (Å²) in [5.74, 6) is 1.55. The lowest BCUT2D eigenvalue weighted by molar-refractivity contribution is -0.127. The maximum Gasteiger partial charge on any atom is 0.261 e. The highest BCUT2D eigenvalue weighted by Gasteiger charge is 2.16. The highest BCUT2D eigenvalue weighted by atomic mass is 16.5. The number of piperazine rings is 1. The Morgan fingerprint density at radius 1 is 1.15 bits per heavy atom. The predicted molar refractivity (Wildman–Crippen MR) is 107 cm³/mol. The molecule has 0 bridgehead atoms. The first-order chi connectivity index (χ1) is 13.0. The van der Waals surface area contributed by atoms with Crippen molar-refractivity contribution in [3.05, 3.63) is 53.7 Å². The molecule has 1 fully saturated rings. The number of aryl methyl sites for hydroxylation is 1. The summed E-state index contributed by atoms with van der Waals surface area (Å²) in [5.41, 5.74) is 2.13. The van der Waals surface area contributed by atoms with Crippen LogP contribution in [0.2, 0.25) is 0 Å². The Balaban J connectivity index is 1.47. The normalized spacial score (nSPS) is 16.0. The number of amides is 1. The van der Waals surface area contributed by atoms with Crippen molar-refractivity contribution in [2.24, 2.45) is 0 Å². The molecular formula is C21H28N4O2. The van der Waals surface area contributed by atoms with Crippen molar-refractivity contribution < 1.29 is 9.53 Å². The number of carbonyl (C=O) groups is 1. The maximum atomic E-state index is 12.3. The Labute approximate surface area is 161 Å². The molecule has 0 spiro atoms. The quantitative estimate of drug-likeness (QED) is 0.847. The molecule has 27 heavy (non-hydrogen) atoms. The lowest BCUT2D eigenvalue weighted by Crippen LogP contribution is -2.44. The third kappa shape index (κ3) is 5.44. The number of likely N-dealkylation sites (N-methyl/N-ethyl adjacent to an activating group) is 1. The molecule has 1 atom stereocenters. The van der Waals surface area contributed by atoms with E-state index in [2.05, 4.69) is 27.1 Å². The summed E-state index contributed by atoms with van der Waals surface area (Å²) in [4.78, 5) is 21.4. The van der Waals surface area contributed by atoms with E-state index in [0.29, 0.717) is 12.3 Å². The molecule has 1 aromatic carbocycles. The van der Waals surface area contributed by atoms with Crippen molar-refractivity contribution in [3.63, 3.8) is 0 Å². The molecule has 0 radical (unpaired) electrons. The fourth-order valence-electron chi connectivity index (χ4n) is 2.95. The van der Waals surface area contributed by atoms with Crippen molar-refractivity contribution >= 4 is 11.7 Å². The molecule has 1 unspecified atom stereocenters. The molecule has 1 aliphatic heterocycles. The van der Waals surface area contributed by atoms with Crippen LogP contribution in [-0.2, 0) is 11.3 Å². The minimum Gasteiger partial charge on any atom is -0.481 e. The van der Waals surface area contributed by atoms with Crippen molar-refractivity contribution in [2.75, 3.05) is 38.1 Å². The third-order valence-electron chi connectivity index (χ3n) is 4.81. The van der Waals surface area contributed by atoms with Crippen LogP contribution < -0.4 is 15.0 Å². The molecule has 1 aliphatic rings. The molecule has 1 aromatic heterocycles. The predicted octanol–water partition coefficient (Wildman–Crippen LogP) is 2.23. The van der Waals surface area contributed by atoms with Gasteiger partial charge in [0.05, 0.1) is 0 Å². The number of aromatic nitrogens is 1. The molecule has 6 heteroatoms. The Hall–Kier alpha value is -2.60. The largest absolute Gasteiger partial charge is 0.481 e. The lowest BCUT2D eigenvalue weighted by atomic mass is 10.2. The number of nitrogens with one attached hydrogen (secondary N) is 1. The van der Waals surface area contributed by atoms with E-state index in [-0.39, 0.29) is 5.91 Å². The zero-order chi connectivity index (χ0) is 19.2. The number of hydrogen-bond donors (Lipinski definition) is 1. The summed E-state index contributed by atoms with van der Waals surface area (Å²) in [6.07, 6.45) is 1.28. The van der Waals surface area contributed by atoms with Crippen LogP contribution in [0.25, 0.3) is 0 Å². The van der Waals surface area contributed by atoms with Crippen molar-refractivity contribution in [1.82, 2.24) is 15.2 Å². The second kappa shape index (κ2) is 8.86. The van der Waals surface area contributed by atoms with Crippen LogP contribution in [0, 0.1) is 6.92 Å². The van der Waals surface area contributed by atoms with Gasteiger partial charge in [0.2, 0.25) is 0 Å². The van der Waals surface area contributed by atoms with Gasteiger partial charge in [0.25, 0.3) is 5.91 Å². The van der Waals surface area contributed by atoms with Gasteiger partial charge in [-0.05, 0) is 44.7 Å². The molecule has 1 N–H and O–H groups in total. The van der Waals surface area contributed by atoms with Crippen molar-refractivity contribution in [3.8, 4) is 5.75 Å². The van der Waals surface area contributed by atoms with Crippen LogP contribution in [0.1, 0.15) is 18.1 Å². The van der Waals surface area contributed by atoms with Gasteiger partial charge in [0.1, 0.15) is 11.6 Å². The summed E-state index contributed by atoms with van der Waals surface area (Å²) >= 11 is 0. The van der Waals surface area contributed by atoms with Gasteiger partial charge in [-0.15, -0.1) is 0 Å². The van der Waals surface area contributed by atoms with Crippen LogP contribution in [0.4, 0.5) is 5.82 Å². The lowest BCUT2D eigenvalue weighted by Gasteiger charge is -2.33. The van der Waals surface area contributed by atoms with Crippen LogP contribution in [0.15, 0.2) is 42.6 Å². The maximum absolute atomic E-state index is 12.3. The number of hydrogen-bond acceptors (Lipinski definition) is 5. The molecule has 2 heterocycles. The molecule has 3 rings (SSSR count). The topological polar surface area (TPSA) is 57.7 Å². The molecule has 0 saturated carbocycles. The monoisotopic (exact) mass is 368 g/mol. The molecule has 144 valence electrons. The van der Waals surface area contributed by atoms with Crippen LogP contribution in [-0.4, -0.2) is 55.1 Å². The van der Waals surface area contributed by atoms with E-state index in [1.165, 1.54) is 0 Å². The number of nitrogens with zero attached hydrogens (tertiary/aromatic N) is 3. The third-order valence-corrected chi connectivity index (χ3v) is 4.81. The van der Waals surface area contributed by atoms with Crippen LogP contribution >= 0.6 is 0 Å². The highest BCUT2D eigenvalue weighted by Crippen LogP contribution is 2.15. The molecule has 6 nitrogen and oxygen atoms in total. The minimum atomic E-state index is -0.551. The summed E-state index contributed by atoms with van der Waals surface area (Å²) in [6, 6.07) is 11.7. The van der Waals surface area contributed by atoms with Gasteiger partial charge in [0, 0.05) is 38.9 Å². The first-order valence-corrected chi connectivity index (χ1v) is 9.41. The van der Waals surface area contributed by atoms with Gasteiger partial charge in [-0.25, -0.2) is 4.98 Å². The number of rotatable bonds is 6. The first-order valence-electron chi connectivity index (χ1n) is 9.41. The molecular weight excluding hydrogens is 340 g/mol. The smallest absolute Gasteiger partial charge is 0.261 e. The van der Waals surface area contributed by atoms with E-state index in [4.69, 9.17) is 4.74 Å². The zero-order valence-electron chi connectivity index (χ0n) is 16.3.